The summed E-state index contributed by atoms with van der Waals surface area (Å²) in [5.41, 5.74) is 7.27. The molecule has 1 fully saturated rings. The van der Waals surface area contributed by atoms with E-state index in [0.29, 0.717) is 0 Å². The van der Waals surface area contributed by atoms with Crippen LogP contribution in [0, 0.1) is 5.92 Å². The quantitative estimate of drug-likeness (QED) is 0.684. The molecule has 1 heterocycles. The Morgan fingerprint density at radius 1 is 1.36 bits per heavy atom. The fourth-order valence-corrected chi connectivity index (χ4v) is 1.73. The van der Waals surface area contributed by atoms with Crippen LogP contribution < -0.4 is 10.6 Å². The van der Waals surface area contributed by atoms with Gasteiger partial charge in [-0.05, 0) is 30.7 Å². The first-order chi connectivity index (χ1) is 6.68. The number of nitrogen functional groups attached to an aromatic ring is 1. The molecule has 3 nitrogen and oxygen atoms in total. The van der Waals surface area contributed by atoms with Crippen molar-refractivity contribution >= 4 is 17.3 Å². The van der Waals surface area contributed by atoms with Crippen molar-refractivity contribution in [2.45, 2.75) is 13.3 Å². The Labute approximate surface area is 83.5 Å². The number of rotatable bonds is 1. The molecule has 1 aliphatic heterocycles. The summed E-state index contributed by atoms with van der Waals surface area (Å²) in [5, 5.41) is 0. The van der Waals surface area contributed by atoms with Crippen LogP contribution in [-0.4, -0.2) is 12.5 Å². The van der Waals surface area contributed by atoms with Gasteiger partial charge in [0.25, 0.3) is 0 Å². The van der Waals surface area contributed by atoms with Gasteiger partial charge in [-0.2, -0.15) is 0 Å². The van der Waals surface area contributed by atoms with Gasteiger partial charge in [0.05, 0.1) is 0 Å². The molecular weight excluding hydrogens is 176 g/mol. The minimum Gasteiger partial charge on any atom is -0.399 e. The van der Waals surface area contributed by atoms with Gasteiger partial charge in [-0.1, -0.05) is 6.92 Å². The van der Waals surface area contributed by atoms with Crippen LogP contribution in [0.1, 0.15) is 13.3 Å². The molecule has 1 aromatic carbocycles. The van der Waals surface area contributed by atoms with Crippen molar-refractivity contribution in [2.75, 3.05) is 17.2 Å². The summed E-state index contributed by atoms with van der Waals surface area (Å²) < 4.78 is 0. The molecule has 0 radical (unpaired) electrons. The molecule has 1 unspecified atom stereocenters. The van der Waals surface area contributed by atoms with Crippen molar-refractivity contribution in [1.29, 1.82) is 0 Å². The van der Waals surface area contributed by atoms with Gasteiger partial charge in [-0.15, -0.1) is 0 Å². The molecule has 1 atom stereocenters. The fourth-order valence-electron chi connectivity index (χ4n) is 1.73. The molecule has 14 heavy (non-hydrogen) atoms. The number of carbonyl (C=O) groups is 1. The number of hydrogen-bond donors (Lipinski definition) is 1. The van der Waals surface area contributed by atoms with Crippen LogP contribution in [0.3, 0.4) is 0 Å². The Morgan fingerprint density at radius 2 is 2.00 bits per heavy atom. The second-order valence-corrected chi connectivity index (χ2v) is 3.77. The van der Waals surface area contributed by atoms with Gasteiger partial charge in [-0.25, -0.2) is 0 Å². The van der Waals surface area contributed by atoms with Crippen molar-refractivity contribution in [2.24, 2.45) is 5.92 Å². The average molecular weight is 190 g/mol. The van der Waals surface area contributed by atoms with E-state index in [1.54, 1.807) is 0 Å². The standard InChI is InChI=1S/C11H14N2O/c1-8-6-7-13(11(8)14)10-4-2-9(12)3-5-10/h2-5,8H,6-7,12H2,1H3. The summed E-state index contributed by atoms with van der Waals surface area (Å²) in [5.74, 6) is 0.377. The highest BCUT2D eigenvalue weighted by molar-refractivity contribution is 5.96. The SMILES string of the molecule is CC1CCN(c2ccc(N)cc2)C1=O. The monoisotopic (exact) mass is 190 g/mol. The van der Waals surface area contributed by atoms with Crippen molar-refractivity contribution < 1.29 is 4.79 Å². The van der Waals surface area contributed by atoms with Gasteiger partial charge in [-0.3, -0.25) is 4.79 Å². The van der Waals surface area contributed by atoms with Crippen LogP contribution in [0.4, 0.5) is 11.4 Å². The molecule has 0 spiro atoms. The van der Waals surface area contributed by atoms with Crippen LogP contribution in [-0.2, 0) is 4.79 Å². The van der Waals surface area contributed by atoms with Crippen molar-refractivity contribution in [1.82, 2.24) is 0 Å². The predicted octanol–water partition coefficient (Wildman–Crippen LogP) is 1.64. The topological polar surface area (TPSA) is 46.3 Å². The summed E-state index contributed by atoms with van der Waals surface area (Å²) in [6.07, 6.45) is 0.948. The van der Waals surface area contributed by atoms with Crippen LogP contribution in [0.25, 0.3) is 0 Å². The lowest BCUT2D eigenvalue weighted by molar-refractivity contribution is -0.119. The number of hydrogen-bond acceptors (Lipinski definition) is 2. The van der Waals surface area contributed by atoms with Gasteiger partial charge in [0.15, 0.2) is 0 Å². The third-order valence-electron chi connectivity index (χ3n) is 2.68. The zero-order chi connectivity index (χ0) is 10.1. The summed E-state index contributed by atoms with van der Waals surface area (Å²) in [4.78, 5) is 13.5. The van der Waals surface area contributed by atoms with Gasteiger partial charge in [0, 0.05) is 23.8 Å². The largest absolute Gasteiger partial charge is 0.399 e. The molecule has 2 N–H and O–H groups in total. The molecule has 74 valence electrons. The van der Waals surface area contributed by atoms with Gasteiger partial charge >= 0.3 is 0 Å². The molecule has 3 heteroatoms. The number of anilines is 2. The van der Waals surface area contributed by atoms with Crippen LogP contribution in [0.2, 0.25) is 0 Å². The van der Waals surface area contributed by atoms with Crippen LogP contribution in [0.5, 0.6) is 0 Å². The molecule has 2 rings (SSSR count). The highest BCUT2D eigenvalue weighted by Gasteiger charge is 2.28. The first-order valence-corrected chi connectivity index (χ1v) is 4.85. The molecule has 1 aromatic rings. The maximum atomic E-state index is 11.7. The number of benzene rings is 1. The Morgan fingerprint density at radius 3 is 2.50 bits per heavy atom. The molecule has 1 aliphatic rings. The van der Waals surface area contributed by atoms with Crippen molar-refractivity contribution in [3.8, 4) is 0 Å². The van der Waals surface area contributed by atoms with Crippen molar-refractivity contribution in [3.05, 3.63) is 24.3 Å². The molecule has 0 saturated carbocycles. The highest BCUT2D eigenvalue weighted by atomic mass is 16.2. The Bertz CT molecular complexity index is 345. The zero-order valence-electron chi connectivity index (χ0n) is 8.23. The molecule has 0 aromatic heterocycles. The van der Waals surface area contributed by atoms with E-state index in [-0.39, 0.29) is 11.8 Å². The smallest absolute Gasteiger partial charge is 0.229 e. The number of carbonyl (C=O) groups excluding carboxylic acids is 1. The maximum absolute atomic E-state index is 11.7. The van der Waals surface area contributed by atoms with E-state index >= 15 is 0 Å². The first-order valence-electron chi connectivity index (χ1n) is 4.85. The molecule has 0 aliphatic carbocycles. The molecule has 1 saturated heterocycles. The fraction of sp³-hybridized carbons (Fsp3) is 0.364. The van der Waals surface area contributed by atoms with Gasteiger partial charge in [0.2, 0.25) is 5.91 Å². The maximum Gasteiger partial charge on any atom is 0.229 e. The number of nitrogens with two attached hydrogens (primary N) is 1. The molecular formula is C11H14N2O. The Hall–Kier alpha value is -1.51. The van der Waals surface area contributed by atoms with Crippen molar-refractivity contribution in [3.63, 3.8) is 0 Å². The number of nitrogens with zero attached hydrogens (tertiary/aromatic N) is 1. The lowest BCUT2D eigenvalue weighted by Gasteiger charge is -2.16. The lowest BCUT2D eigenvalue weighted by atomic mass is 10.1. The van der Waals surface area contributed by atoms with E-state index in [1.807, 2.05) is 36.1 Å². The van der Waals surface area contributed by atoms with Gasteiger partial charge < -0.3 is 10.6 Å². The van der Waals surface area contributed by atoms with E-state index < -0.39 is 0 Å². The normalized spacial score (nSPS) is 21.6. The van der Waals surface area contributed by atoms with Crippen LogP contribution in [0.15, 0.2) is 24.3 Å². The summed E-state index contributed by atoms with van der Waals surface area (Å²) in [7, 11) is 0. The van der Waals surface area contributed by atoms with E-state index in [4.69, 9.17) is 5.73 Å². The number of amides is 1. The van der Waals surface area contributed by atoms with Gasteiger partial charge in [0.1, 0.15) is 0 Å². The minimum atomic E-state index is 0.160. The third-order valence-corrected chi connectivity index (χ3v) is 2.68. The summed E-state index contributed by atoms with van der Waals surface area (Å²) in [6, 6.07) is 7.44. The highest BCUT2D eigenvalue weighted by Crippen LogP contribution is 2.25. The first kappa shape index (κ1) is 9.06. The van der Waals surface area contributed by atoms with E-state index in [0.717, 1.165) is 24.3 Å². The summed E-state index contributed by atoms with van der Waals surface area (Å²) >= 11 is 0. The van der Waals surface area contributed by atoms with Crippen LogP contribution >= 0.6 is 0 Å². The minimum absolute atomic E-state index is 0.160. The predicted molar refractivity (Wildman–Crippen MR) is 57.0 cm³/mol. The average Bonchev–Trinajstić information content (AvgIpc) is 2.50. The lowest BCUT2D eigenvalue weighted by Crippen LogP contribution is -2.25. The third kappa shape index (κ3) is 1.45. The second kappa shape index (κ2) is 3.33. The van der Waals surface area contributed by atoms with E-state index in [1.165, 1.54) is 0 Å². The second-order valence-electron chi connectivity index (χ2n) is 3.77. The zero-order valence-corrected chi connectivity index (χ0v) is 8.23. The van der Waals surface area contributed by atoms with E-state index in [9.17, 15) is 4.79 Å². The Kier molecular flexibility index (Phi) is 2.15. The Balaban J connectivity index is 2.24. The molecule has 0 bridgehead atoms. The summed E-state index contributed by atoms with van der Waals surface area (Å²) in [6.45, 7) is 2.80. The molecule has 1 amide bonds. The van der Waals surface area contributed by atoms with E-state index in [2.05, 4.69) is 0 Å².